The van der Waals surface area contributed by atoms with Crippen LogP contribution in [0.2, 0.25) is 0 Å². The number of anilines is 1. The number of benzene rings is 1. The smallest absolute Gasteiger partial charge is 0.254 e. The van der Waals surface area contributed by atoms with Crippen molar-refractivity contribution in [3.63, 3.8) is 0 Å². The van der Waals surface area contributed by atoms with Crippen LogP contribution >= 0.6 is 0 Å². The molecule has 0 aromatic heterocycles. The Morgan fingerprint density at radius 2 is 2.20 bits per heavy atom. The zero-order valence-electron chi connectivity index (χ0n) is 11.6. The quantitative estimate of drug-likeness (QED) is 0.794. The topological polar surface area (TPSA) is 75.8 Å². The van der Waals surface area contributed by atoms with E-state index in [1.165, 1.54) is 7.11 Å². The number of nitrogen functional groups attached to an aromatic ring is 1. The van der Waals surface area contributed by atoms with Gasteiger partial charge in [0.15, 0.2) is 0 Å². The molecule has 20 heavy (non-hydrogen) atoms. The van der Waals surface area contributed by atoms with Crippen molar-refractivity contribution in [2.75, 3.05) is 25.9 Å². The molecule has 1 aromatic carbocycles. The van der Waals surface area contributed by atoms with E-state index in [1.54, 1.807) is 18.2 Å². The van der Waals surface area contributed by atoms with E-state index < -0.39 is 0 Å². The van der Waals surface area contributed by atoms with Gasteiger partial charge in [-0.15, -0.1) is 0 Å². The van der Waals surface area contributed by atoms with Gasteiger partial charge in [0, 0.05) is 24.6 Å². The Morgan fingerprint density at radius 1 is 1.40 bits per heavy atom. The van der Waals surface area contributed by atoms with Crippen LogP contribution in [0.5, 0.6) is 5.75 Å². The fourth-order valence-electron chi connectivity index (χ4n) is 3.43. The SMILES string of the molecule is COc1cc(C(=O)N2CC3CCC(O)C3C2)ccc1N. The first-order chi connectivity index (χ1) is 9.60. The van der Waals surface area contributed by atoms with Gasteiger partial charge in [0.2, 0.25) is 0 Å². The molecule has 5 nitrogen and oxygen atoms in total. The number of carbonyl (C=O) groups is 1. The fraction of sp³-hybridized carbons (Fsp3) is 0.533. The van der Waals surface area contributed by atoms with Gasteiger partial charge >= 0.3 is 0 Å². The van der Waals surface area contributed by atoms with Gasteiger partial charge in [0.1, 0.15) is 5.75 Å². The zero-order valence-corrected chi connectivity index (χ0v) is 11.6. The van der Waals surface area contributed by atoms with Gasteiger partial charge in [-0.2, -0.15) is 0 Å². The maximum atomic E-state index is 12.5. The molecule has 1 amide bonds. The number of rotatable bonds is 2. The number of amides is 1. The van der Waals surface area contributed by atoms with Crippen LogP contribution < -0.4 is 10.5 Å². The van der Waals surface area contributed by atoms with Crippen molar-refractivity contribution < 1.29 is 14.6 Å². The highest BCUT2D eigenvalue weighted by Gasteiger charge is 2.43. The van der Waals surface area contributed by atoms with Crippen LogP contribution in [-0.2, 0) is 0 Å². The maximum Gasteiger partial charge on any atom is 0.254 e. The zero-order chi connectivity index (χ0) is 14.3. The number of likely N-dealkylation sites (tertiary alicyclic amines) is 1. The molecule has 0 radical (unpaired) electrons. The number of methoxy groups -OCH3 is 1. The standard InChI is InChI=1S/C15H20N2O3/c1-20-14-6-9(2-4-12(14)16)15(19)17-7-10-3-5-13(18)11(10)8-17/h2,4,6,10-11,13,18H,3,5,7-8,16H2,1H3. The average molecular weight is 276 g/mol. The summed E-state index contributed by atoms with van der Waals surface area (Å²) < 4.78 is 5.15. The van der Waals surface area contributed by atoms with Crippen LogP contribution in [0.1, 0.15) is 23.2 Å². The minimum Gasteiger partial charge on any atom is -0.495 e. The van der Waals surface area contributed by atoms with E-state index in [2.05, 4.69) is 0 Å². The summed E-state index contributed by atoms with van der Waals surface area (Å²) in [6.07, 6.45) is 1.63. The van der Waals surface area contributed by atoms with Crippen molar-refractivity contribution in [1.82, 2.24) is 4.90 Å². The lowest BCUT2D eigenvalue weighted by atomic mass is 10.00. The van der Waals surface area contributed by atoms with Crippen LogP contribution in [0.3, 0.4) is 0 Å². The van der Waals surface area contributed by atoms with Gasteiger partial charge < -0.3 is 20.5 Å². The van der Waals surface area contributed by atoms with Crippen molar-refractivity contribution in [3.05, 3.63) is 23.8 Å². The highest BCUT2D eigenvalue weighted by Crippen LogP contribution is 2.38. The lowest BCUT2D eigenvalue weighted by Crippen LogP contribution is -2.31. The minimum atomic E-state index is -0.251. The summed E-state index contributed by atoms with van der Waals surface area (Å²) in [6, 6.07) is 5.10. The Labute approximate surface area is 118 Å². The second-order valence-electron chi connectivity index (χ2n) is 5.74. The van der Waals surface area contributed by atoms with E-state index in [1.807, 2.05) is 4.90 Å². The number of aliphatic hydroxyl groups is 1. The van der Waals surface area contributed by atoms with Gasteiger partial charge in [0.05, 0.1) is 18.9 Å². The molecule has 0 spiro atoms. The Bertz CT molecular complexity index is 532. The third kappa shape index (κ3) is 2.12. The second-order valence-corrected chi connectivity index (χ2v) is 5.74. The maximum absolute atomic E-state index is 12.5. The van der Waals surface area contributed by atoms with Gasteiger partial charge in [-0.1, -0.05) is 0 Å². The molecule has 1 aromatic rings. The van der Waals surface area contributed by atoms with Crippen LogP contribution in [0.15, 0.2) is 18.2 Å². The summed E-state index contributed by atoms with van der Waals surface area (Å²) in [5, 5.41) is 9.91. The number of hydrogen-bond donors (Lipinski definition) is 2. The fourth-order valence-corrected chi connectivity index (χ4v) is 3.43. The summed E-state index contributed by atoms with van der Waals surface area (Å²) in [5.74, 6) is 1.21. The van der Waals surface area contributed by atoms with Crippen molar-refractivity contribution in [1.29, 1.82) is 0 Å². The number of carbonyl (C=O) groups excluding carboxylic acids is 1. The van der Waals surface area contributed by atoms with Crippen molar-refractivity contribution in [2.45, 2.75) is 18.9 Å². The van der Waals surface area contributed by atoms with Crippen molar-refractivity contribution in [2.24, 2.45) is 11.8 Å². The Kier molecular flexibility index (Phi) is 3.30. The first-order valence-corrected chi connectivity index (χ1v) is 7.01. The molecule has 0 bridgehead atoms. The molecule has 3 N–H and O–H groups in total. The average Bonchev–Trinajstić information content (AvgIpc) is 3.01. The van der Waals surface area contributed by atoms with Gasteiger partial charge in [0.25, 0.3) is 5.91 Å². The van der Waals surface area contributed by atoms with Crippen molar-refractivity contribution in [3.8, 4) is 5.75 Å². The van der Waals surface area contributed by atoms with E-state index in [0.29, 0.717) is 29.5 Å². The van der Waals surface area contributed by atoms with E-state index in [4.69, 9.17) is 10.5 Å². The number of ether oxygens (including phenoxy) is 1. The monoisotopic (exact) mass is 276 g/mol. The molecule has 1 saturated carbocycles. The number of fused-ring (bicyclic) bond motifs is 1. The molecule has 1 heterocycles. The number of hydrogen-bond acceptors (Lipinski definition) is 4. The minimum absolute atomic E-state index is 0.00935. The lowest BCUT2D eigenvalue weighted by Gasteiger charge is -2.19. The normalized spacial score (nSPS) is 28.5. The highest BCUT2D eigenvalue weighted by molar-refractivity contribution is 5.95. The highest BCUT2D eigenvalue weighted by atomic mass is 16.5. The molecule has 2 fully saturated rings. The molecule has 1 saturated heterocycles. The Morgan fingerprint density at radius 3 is 2.90 bits per heavy atom. The largest absolute Gasteiger partial charge is 0.495 e. The van der Waals surface area contributed by atoms with Gasteiger partial charge in [-0.3, -0.25) is 4.79 Å². The molecule has 2 aliphatic rings. The molecular weight excluding hydrogens is 256 g/mol. The molecule has 1 aliphatic heterocycles. The summed E-state index contributed by atoms with van der Waals surface area (Å²) >= 11 is 0. The molecule has 5 heteroatoms. The van der Waals surface area contributed by atoms with Gasteiger partial charge in [-0.05, 0) is 37.0 Å². The number of aliphatic hydroxyl groups excluding tert-OH is 1. The van der Waals surface area contributed by atoms with E-state index in [9.17, 15) is 9.90 Å². The molecular formula is C15H20N2O3. The number of nitrogens with zero attached hydrogens (tertiary/aromatic N) is 1. The van der Waals surface area contributed by atoms with Crippen LogP contribution in [0.25, 0.3) is 0 Å². The van der Waals surface area contributed by atoms with E-state index in [0.717, 1.165) is 19.4 Å². The Hall–Kier alpha value is -1.75. The summed E-state index contributed by atoms with van der Waals surface area (Å²) in [4.78, 5) is 14.3. The molecule has 1 aliphatic carbocycles. The summed E-state index contributed by atoms with van der Waals surface area (Å²) in [7, 11) is 1.54. The van der Waals surface area contributed by atoms with Crippen LogP contribution in [-0.4, -0.2) is 42.2 Å². The third-order valence-corrected chi connectivity index (χ3v) is 4.59. The third-order valence-electron chi connectivity index (χ3n) is 4.59. The van der Waals surface area contributed by atoms with Crippen LogP contribution in [0.4, 0.5) is 5.69 Å². The molecule has 3 atom stereocenters. The van der Waals surface area contributed by atoms with Crippen molar-refractivity contribution >= 4 is 11.6 Å². The molecule has 3 unspecified atom stereocenters. The number of nitrogens with two attached hydrogens (primary N) is 1. The summed E-state index contributed by atoms with van der Waals surface area (Å²) in [6.45, 7) is 1.39. The van der Waals surface area contributed by atoms with Gasteiger partial charge in [-0.25, -0.2) is 0 Å². The van der Waals surface area contributed by atoms with E-state index in [-0.39, 0.29) is 17.9 Å². The van der Waals surface area contributed by atoms with E-state index >= 15 is 0 Å². The second kappa shape index (κ2) is 4.98. The Balaban J connectivity index is 1.77. The first kappa shape index (κ1) is 13.2. The van der Waals surface area contributed by atoms with Crippen LogP contribution in [0, 0.1) is 11.8 Å². The predicted molar refractivity (Wildman–Crippen MR) is 75.5 cm³/mol. The molecule has 3 rings (SSSR count). The first-order valence-electron chi connectivity index (χ1n) is 7.01. The summed E-state index contributed by atoms with van der Waals surface area (Å²) in [5.41, 5.74) is 6.88. The lowest BCUT2D eigenvalue weighted by molar-refractivity contribution is 0.0752. The molecule has 108 valence electrons. The predicted octanol–water partition coefficient (Wildman–Crippen LogP) is 1.12.